The number of likely N-dealkylation sites (tertiary alicyclic amines) is 1. The summed E-state index contributed by atoms with van der Waals surface area (Å²) in [5.74, 6) is -1.01. The molecule has 0 aliphatic carbocycles. The number of Topliss-reactive ketones (excluding diaryl/α,β-unsaturated/α-hetero) is 1. The average Bonchev–Trinajstić information content (AvgIpc) is 3.14. The van der Waals surface area contributed by atoms with Gasteiger partial charge in [-0.05, 0) is 47.9 Å². The molecule has 4 rings (SSSR count). The van der Waals surface area contributed by atoms with Crippen LogP contribution in [0.4, 0.5) is 0 Å². The molecule has 1 fully saturated rings. The molecule has 2 aromatic carbocycles. The Bertz CT molecular complexity index is 1190. The first kappa shape index (κ1) is 24.2. The number of benzene rings is 2. The third-order valence-corrected chi connectivity index (χ3v) is 6.36. The van der Waals surface area contributed by atoms with E-state index in [2.05, 4.69) is 11.9 Å². The number of aliphatic hydroxyl groups is 1. The predicted octanol–water partition coefficient (Wildman–Crippen LogP) is 5.31. The number of carbonyl (C=O) groups excluding carboxylic acids is 2. The zero-order valence-electron chi connectivity index (χ0n) is 20.1. The minimum atomic E-state index is -0.678. The zero-order chi connectivity index (χ0) is 24.8. The minimum Gasteiger partial charge on any atom is -0.507 e. The fraction of sp³-hybridized carbons (Fsp3) is 0.276. The first-order chi connectivity index (χ1) is 17.0. The lowest BCUT2D eigenvalue weighted by Gasteiger charge is -2.30. The molecule has 3 aromatic rings. The molecule has 2 atom stereocenters. The highest BCUT2D eigenvalue weighted by molar-refractivity contribution is 6.46. The first-order valence-corrected chi connectivity index (χ1v) is 12.0. The number of amides is 1. The van der Waals surface area contributed by atoms with Crippen LogP contribution < -0.4 is 4.74 Å². The van der Waals surface area contributed by atoms with E-state index >= 15 is 0 Å². The third kappa shape index (κ3) is 5.27. The molecule has 1 saturated heterocycles. The van der Waals surface area contributed by atoms with Gasteiger partial charge in [-0.25, -0.2) is 0 Å². The molecule has 180 valence electrons. The van der Waals surface area contributed by atoms with E-state index in [1.807, 2.05) is 43.3 Å². The number of ether oxygens (including phenoxy) is 1. The van der Waals surface area contributed by atoms with Crippen molar-refractivity contribution in [2.45, 2.75) is 45.2 Å². The van der Waals surface area contributed by atoms with E-state index < -0.39 is 17.7 Å². The molecule has 1 aliphatic heterocycles. The van der Waals surface area contributed by atoms with Crippen molar-refractivity contribution in [3.63, 3.8) is 0 Å². The highest BCUT2D eigenvalue weighted by Gasteiger charge is 2.47. The van der Waals surface area contributed by atoms with Crippen LogP contribution in [-0.4, -0.2) is 39.3 Å². The second-order valence-corrected chi connectivity index (χ2v) is 8.76. The maximum Gasteiger partial charge on any atom is 0.295 e. The summed E-state index contributed by atoms with van der Waals surface area (Å²) in [6.07, 6.45) is 5.34. The summed E-state index contributed by atoms with van der Waals surface area (Å²) >= 11 is 0. The van der Waals surface area contributed by atoms with Crippen LogP contribution in [0.25, 0.3) is 5.76 Å². The van der Waals surface area contributed by atoms with Crippen molar-refractivity contribution in [3.05, 3.63) is 101 Å². The van der Waals surface area contributed by atoms with Gasteiger partial charge in [-0.2, -0.15) is 0 Å². The fourth-order valence-electron chi connectivity index (χ4n) is 4.43. The van der Waals surface area contributed by atoms with Gasteiger partial charge < -0.3 is 14.7 Å². The summed E-state index contributed by atoms with van der Waals surface area (Å²) in [5.41, 5.74) is 2.38. The van der Waals surface area contributed by atoms with E-state index in [1.165, 1.54) is 0 Å². The number of unbranched alkanes of at least 4 members (excludes halogenated alkanes) is 1. The van der Waals surface area contributed by atoms with E-state index in [1.54, 1.807) is 47.6 Å². The van der Waals surface area contributed by atoms with Gasteiger partial charge in [0.05, 0.1) is 18.2 Å². The molecule has 2 unspecified atom stereocenters. The molecule has 35 heavy (non-hydrogen) atoms. The SMILES string of the molecule is CCCCOc1ccc(/C(O)=C2\C(=O)C(=O)N(Cc3cccnc3)C2C(C)c2ccccc2)cc1. The molecule has 1 aromatic heterocycles. The molecule has 6 heteroatoms. The van der Waals surface area contributed by atoms with Crippen LogP contribution in [0.5, 0.6) is 5.75 Å². The normalized spacial score (nSPS) is 18.0. The van der Waals surface area contributed by atoms with Crippen molar-refractivity contribution in [1.29, 1.82) is 0 Å². The Balaban J connectivity index is 1.73. The van der Waals surface area contributed by atoms with E-state index in [0.717, 1.165) is 24.0 Å². The van der Waals surface area contributed by atoms with Crippen LogP contribution in [0.3, 0.4) is 0 Å². The molecule has 2 heterocycles. The van der Waals surface area contributed by atoms with Crippen molar-refractivity contribution in [3.8, 4) is 5.75 Å². The minimum absolute atomic E-state index is 0.120. The van der Waals surface area contributed by atoms with Gasteiger partial charge in [0.1, 0.15) is 11.5 Å². The van der Waals surface area contributed by atoms with E-state index in [9.17, 15) is 14.7 Å². The second-order valence-electron chi connectivity index (χ2n) is 8.76. The predicted molar refractivity (Wildman–Crippen MR) is 135 cm³/mol. The van der Waals surface area contributed by atoms with Crippen molar-refractivity contribution in [2.24, 2.45) is 0 Å². The first-order valence-electron chi connectivity index (χ1n) is 12.0. The number of aliphatic hydroxyl groups excluding tert-OH is 1. The van der Waals surface area contributed by atoms with Gasteiger partial charge in [0.2, 0.25) is 0 Å². The Morgan fingerprint density at radius 3 is 2.46 bits per heavy atom. The summed E-state index contributed by atoms with van der Waals surface area (Å²) in [6, 6.07) is 19.7. The molecular weight excluding hydrogens is 440 g/mol. The van der Waals surface area contributed by atoms with Crippen LogP contribution in [-0.2, 0) is 16.1 Å². The van der Waals surface area contributed by atoms with Crippen molar-refractivity contribution in [1.82, 2.24) is 9.88 Å². The third-order valence-electron chi connectivity index (χ3n) is 6.36. The standard InChI is InChI=1S/C29H30N2O4/c1-3-4-17-35-24-14-12-23(13-15-24)27(32)25-26(20(2)22-10-6-5-7-11-22)31(29(34)28(25)33)19-21-9-8-16-30-18-21/h5-16,18,20,26,32H,3-4,17,19H2,1-2H3/b27-25+. The number of aromatic nitrogens is 1. The number of nitrogens with zero attached hydrogens (tertiary/aromatic N) is 2. The van der Waals surface area contributed by atoms with Crippen LogP contribution in [0.1, 0.15) is 49.3 Å². The maximum atomic E-state index is 13.3. The van der Waals surface area contributed by atoms with Crippen molar-refractivity contribution < 1.29 is 19.4 Å². The molecule has 0 radical (unpaired) electrons. The number of ketones is 1. The van der Waals surface area contributed by atoms with Gasteiger partial charge >= 0.3 is 0 Å². The monoisotopic (exact) mass is 470 g/mol. The van der Waals surface area contributed by atoms with Crippen molar-refractivity contribution in [2.75, 3.05) is 6.61 Å². The molecule has 0 spiro atoms. The lowest BCUT2D eigenvalue weighted by molar-refractivity contribution is -0.140. The summed E-state index contributed by atoms with van der Waals surface area (Å²) in [5, 5.41) is 11.3. The summed E-state index contributed by atoms with van der Waals surface area (Å²) in [4.78, 5) is 32.1. The zero-order valence-corrected chi connectivity index (χ0v) is 20.1. The molecule has 0 bridgehead atoms. The lowest BCUT2D eigenvalue weighted by atomic mass is 9.87. The summed E-state index contributed by atoms with van der Waals surface area (Å²) in [6.45, 7) is 4.91. The van der Waals surface area contributed by atoms with Gasteiger partial charge in [-0.3, -0.25) is 14.6 Å². The van der Waals surface area contributed by atoms with Gasteiger partial charge in [0.25, 0.3) is 11.7 Å². The van der Waals surface area contributed by atoms with E-state index in [0.29, 0.717) is 17.9 Å². The van der Waals surface area contributed by atoms with Gasteiger partial charge in [0.15, 0.2) is 0 Å². The fourth-order valence-corrected chi connectivity index (χ4v) is 4.43. The molecule has 0 saturated carbocycles. The number of hydrogen-bond donors (Lipinski definition) is 1. The number of rotatable bonds is 9. The Kier molecular flexibility index (Phi) is 7.60. The quantitative estimate of drug-likeness (QED) is 0.198. The molecular formula is C29H30N2O4. The summed E-state index contributed by atoms with van der Waals surface area (Å²) in [7, 11) is 0. The van der Waals surface area contributed by atoms with Crippen molar-refractivity contribution >= 4 is 17.4 Å². The smallest absolute Gasteiger partial charge is 0.295 e. The summed E-state index contributed by atoms with van der Waals surface area (Å²) < 4.78 is 5.71. The Hall–Kier alpha value is -3.93. The Labute approximate surface area is 205 Å². The average molecular weight is 471 g/mol. The van der Waals surface area contributed by atoms with Gasteiger partial charge in [-0.15, -0.1) is 0 Å². The lowest BCUT2D eigenvalue weighted by Crippen LogP contribution is -2.37. The molecule has 1 N–H and O–H groups in total. The molecule has 1 aliphatic rings. The molecule has 1 amide bonds. The van der Waals surface area contributed by atoms with E-state index in [4.69, 9.17) is 4.74 Å². The Morgan fingerprint density at radius 1 is 1.06 bits per heavy atom. The topological polar surface area (TPSA) is 79.7 Å². The maximum absolute atomic E-state index is 13.3. The number of hydrogen-bond acceptors (Lipinski definition) is 5. The van der Waals surface area contributed by atoms with Crippen LogP contribution in [0, 0.1) is 0 Å². The van der Waals surface area contributed by atoms with E-state index in [-0.39, 0.29) is 23.8 Å². The van der Waals surface area contributed by atoms with Gasteiger partial charge in [0, 0.05) is 30.4 Å². The molecule has 6 nitrogen and oxygen atoms in total. The van der Waals surface area contributed by atoms with Crippen LogP contribution in [0.2, 0.25) is 0 Å². The highest BCUT2D eigenvalue weighted by atomic mass is 16.5. The number of pyridine rings is 1. The van der Waals surface area contributed by atoms with Gasteiger partial charge in [-0.1, -0.05) is 56.7 Å². The highest BCUT2D eigenvalue weighted by Crippen LogP contribution is 2.38. The number of carbonyl (C=O) groups is 2. The van der Waals surface area contributed by atoms with Crippen LogP contribution in [0.15, 0.2) is 84.7 Å². The Morgan fingerprint density at radius 2 is 1.80 bits per heavy atom. The second kappa shape index (κ2) is 11.0. The van der Waals surface area contributed by atoms with Crippen LogP contribution >= 0.6 is 0 Å². The largest absolute Gasteiger partial charge is 0.507 e.